The van der Waals surface area contributed by atoms with E-state index in [0.717, 1.165) is 0 Å². The maximum Gasteiger partial charge on any atom is 0.363 e. The molecule has 0 amide bonds. The Hall–Kier alpha value is -1.66. The van der Waals surface area contributed by atoms with Crippen molar-refractivity contribution in [2.75, 3.05) is 0 Å². The summed E-state index contributed by atoms with van der Waals surface area (Å²) >= 11 is 0. The van der Waals surface area contributed by atoms with Crippen LogP contribution in [0.25, 0.3) is 11.2 Å². The summed E-state index contributed by atoms with van der Waals surface area (Å²) in [5, 5.41) is 0. The SMILES string of the molecule is FC(F)C(F)(F)c1nc2ncccc2[nH]1. The van der Waals surface area contributed by atoms with Crippen LogP contribution in [-0.2, 0) is 5.92 Å². The highest BCUT2D eigenvalue weighted by atomic mass is 19.3. The van der Waals surface area contributed by atoms with E-state index in [-0.39, 0.29) is 11.2 Å². The number of hydrogen-bond acceptors (Lipinski definition) is 2. The van der Waals surface area contributed by atoms with Crippen LogP contribution < -0.4 is 0 Å². The summed E-state index contributed by atoms with van der Waals surface area (Å²) in [5.74, 6) is -5.34. The van der Waals surface area contributed by atoms with Crippen molar-refractivity contribution in [1.29, 1.82) is 0 Å². The highest BCUT2D eigenvalue weighted by molar-refractivity contribution is 5.70. The summed E-state index contributed by atoms with van der Waals surface area (Å²) in [7, 11) is 0. The van der Waals surface area contributed by atoms with Gasteiger partial charge < -0.3 is 4.98 Å². The van der Waals surface area contributed by atoms with Crippen molar-refractivity contribution < 1.29 is 17.6 Å². The van der Waals surface area contributed by atoms with E-state index < -0.39 is 18.2 Å². The van der Waals surface area contributed by atoms with E-state index in [1.54, 1.807) is 0 Å². The molecule has 0 unspecified atom stereocenters. The van der Waals surface area contributed by atoms with Crippen LogP contribution in [0, 0.1) is 0 Å². The Morgan fingerprint density at radius 3 is 2.67 bits per heavy atom. The lowest BCUT2D eigenvalue weighted by Gasteiger charge is -2.10. The van der Waals surface area contributed by atoms with Gasteiger partial charge in [0.2, 0.25) is 0 Å². The third kappa shape index (κ3) is 1.53. The van der Waals surface area contributed by atoms with Gasteiger partial charge >= 0.3 is 12.3 Å². The molecule has 80 valence electrons. The van der Waals surface area contributed by atoms with Crippen LogP contribution in [0.1, 0.15) is 5.82 Å². The van der Waals surface area contributed by atoms with Crippen molar-refractivity contribution in [1.82, 2.24) is 15.0 Å². The Bertz CT molecular complexity index is 446. The summed E-state index contributed by atoms with van der Waals surface area (Å²) in [5.41, 5.74) is 0.195. The number of alkyl halides is 4. The quantitative estimate of drug-likeness (QED) is 0.787. The lowest BCUT2D eigenvalue weighted by atomic mass is 10.3. The third-order valence-corrected chi connectivity index (χ3v) is 1.85. The van der Waals surface area contributed by atoms with Crippen LogP contribution in [0.15, 0.2) is 18.3 Å². The van der Waals surface area contributed by atoms with Crippen LogP contribution in [0.5, 0.6) is 0 Å². The van der Waals surface area contributed by atoms with Gasteiger partial charge in [-0.3, -0.25) is 0 Å². The fraction of sp³-hybridized carbons (Fsp3) is 0.250. The van der Waals surface area contributed by atoms with Crippen LogP contribution in [0.4, 0.5) is 17.6 Å². The Balaban J connectivity index is 2.53. The zero-order valence-corrected chi connectivity index (χ0v) is 7.22. The predicted molar refractivity (Wildman–Crippen MR) is 43.8 cm³/mol. The fourth-order valence-electron chi connectivity index (χ4n) is 1.11. The minimum Gasteiger partial charge on any atom is -0.335 e. The minimum absolute atomic E-state index is 0.00664. The Morgan fingerprint density at radius 1 is 1.33 bits per heavy atom. The summed E-state index contributed by atoms with van der Waals surface area (Å²) < 4.78 is 49.7. The maximum atomic E-state index is 12.8. The van der Waals surface area contributed by atoms with Gasteiger partial charge in [0.15, 0.2) is 11.5 Å². The molecule has 3 nitrogen and oxygen atoms in total. The average Bonchev–Trinajstić information content (AvgIpc) is 2.61. The van der Waals surface area contributed by atoms with Gasteiger partial charge in [0.1, 0.15) is 0 Å². The number of imidazole rings is 1. The third-order valence-electron chi connectivity index (χ3n) is 1.85. The number of aromatic amines is 1. The molecule has 0 aliphatic carbocycles. The minimum atomic E-state index is -4.28. The van der Waals surface area contributed by atoms with Gasteiger partial charge in [-0.1, -0.05) is 0 Å². The molecule has 0 saturated heterocycles. The average molecular weight is 219 g/mol. The van der Waals surface area contributed by atoms with Gasteiger partial charge in [0.25, 0.3) is 0 Å². The first-order valence-corrected chi connectivity index (χ1v) is 3.99. The number of hydrogen-bond donors (Lipinski definition) is 1. The largest absolute Gasteiger partial charge is 0.363 e. The van der Waals surface area contributed by atoms with Crippen LogP contribution >= 0.6 is 0 Å². The summed E-state index contributed by atoms with van der Waals surface area (Å²) in [4.78, 5) is 9.08. The first kappa shape index (κ1) is 9.88. The van der Waals surface area contributed by atoms with E-state index in [2.05, 4.69) is 15.0 Å². The second-order valence-electron chi connectivity index (χ2n) is 2.88. The molecular weight excluding hydrogens is 214 g/mol. The number of fused-ring (bicyclic) bond motifs is 1. The van der Waals surface area contributed by atoms with E-state index in [0.29, 0.717) is 0 Å². The zero-order valence-electron chi connectivity index (χ0n) is 7.22. The summed E-state index contributed by atoms with van der Waals surface area (Å²) in [6.45, 7) is 0. The standard InChI is InChI=1S/C8H5F4N3/c9-6(10)8(11,12)7-14-4-2-1-3-13-5(4)15-7/h1-3,6H,(H,13,14,15). The summed E-state index contributed by atoms with van der Waals surface area (Å²) in [6.07, 6.45) is -2.45. The first-order chi connectivity index (χ1) is 7.01. The normalized spacial score (nSPS) is 12.6. The number of H-pyrrole nitrogens is 1. The second-order valence-corrected chi connectivity index (χ2v) is 2.88. The smallest absolute Gasteiger partial charge is 0.335 e. The van der Waals surface area contributed by atoms with E-state index in [4.69, 9.17) is 0 Å². The maximum absolute atomic E-state index is 12.8. The molecule has 7 heteroatoms. The first-order valence-electron chi connectivity index (χ1n) is 3.99. The molecule has 0 saturated carbocycles. The van der Waals surface area contributed by atoms with Crippen LogP contribution in [-0.4, -0.2) is 21.4 Å². The van der Waals surface area contributed by atoms with Crippen molar-refractivity contribution >= 4 is 11.2 Å². The number of rotatable bonds is 2. The van der Waals surface area contributed by atoms with E-state index >= 15 is 0 Å². The van der Waals surface area contributed by atoms with Crippen molar-refractivity contribution in [2.24, 2.45) is 0 Å². The molecule has 0 aliphatic heterocycles. The predicted octanol–water partition coefficient (Wildman–Crippen LogP) is 2.31. The molecule has 0 aliphatic rings. The van der Waals surface area contributed by atoms with Crippen molar-refractivity contribution in [3.05, 3.63) is 24.2 Å². The van der Waals surface area contributed by atoms with Crippen molar-refractivity contribution in [2.45, 2.75) is 12.3 Å². The molecule has 0 spiro atoms. The Morgan fingerprint density at radius 2 is 2.07 bits per heavy atom. The number of nitrogens with one attached hydrogen (secondary N) is 1. The molecule has 1 N–H and O–H groups in total. The molecular formula is C8H5F4N3. The Labute approximate surface area is 81.2 Å². The fourth-order valence-corrected chi connectivity index (χ4v) is 1.11. The topological polar surface area (TPSA) is 41.6 Å². The monoisotopic (exact) mass is 219 g/mol. The van der Waals surface area contributed by atoms with Gasteiger partial charge in [-0.25, -0.2) is 18.7 Å². The van der Waals surface area contributed by atoms with E-state index in [9.17, 15) is 17.6 Å². The second kappa shape index (κ2) is 3.18. The van der Waals surface area contributed by atoms with Gasteiger partial charge in [0, 0.05) is 6.20 Å². The molecule has 15 heavy (non-hydrogen) atoms. The number of aromatic nitrogens is 3. The van der Waals surface area contributed by atoms with Gasteiger partial charge in [0.05, 0.1) is 5.52 Å². The molecule has 0 bridgehead atoms. The van der Waals surface area contributed by atoms with Gasteiger partial charge in [-0.2, -0.15) is 8.78 Å². The van der Waals surface area contributed by atoms with Gasteiger partial charge in [-0.05, 0) is 12.1 Å². The lowest BCUT2D eigenvalue weighted by Crippen LogP contribution is -2.25. The van der Waals surface area contributed by atoms with E-state index in [1.807, 2.05) is 0 Å². The molecule has 2 rings (SSSR count). The van der Waals surface area contributed by atoms with E-state index in [1.165, 1.54) is 18.3 Å². The molecule has 0 fully saturated rings. The molecule has 0 radical (unpaired) electrons. The number of halogens is 4. The number of pyridine rings is 1. The summed E-state index contributed by atoms with van der Waals surface area (Å²) in [6, 6.07) is 2.92. The van der Waals surface area contributed by atoms with Crippen LogP contribution in [0.3, 0.4) is 0 Å². The highest BCUT2D eigenvalue weighted by Crippen LogP contribution is 2.33. The molecule has 2 aromatic rings. The molecule has 2 heterocycles. The molecule has 2 aromatic heterocycles. The highest BCUT2D eigenvalue weighted by Gasteiger charge is 2.45. The van der Waals surface area contributed by atoms with Crippen LogP contribution in [0.2, 0.25) is 0 Å². The van der Waals surface area contributed by atoms with Crippen molar-refractivity contribution in [3.63, 3.8) is 0 Å². The number of nitrogens with zero attached hydrogens (tertiary/aromatic N) is 2. The van der Waals surface area contributed by atoms with Gasteiger partial charge in [-0.15, -0.1) is 0 Å². The lowest BCUT2D eigenvalue weighted by molar-refractivity contribution is -0.140. The molecule has 0 atom stereocenters. The Kier molecular flexibility index (Phi) is 2.09. The zero-order chi connectivity index (χ0) is 11.1. The molecule has 0 aromatic carbocycles. The van der Waals surface area contributed by atoms with Crippen molar-refractivity contribution in [3.8, 4) is 0 Å².